The van der Waals surface area contributed by atoms with Crippen molar-refractivity contribution in [2.75, 3.05) is 11.9 Å². The second-order valence-electron chi connectivity index (χ2n) is 8.11. The van der Waals surface area contributed by atoms with Gasteiger partial charge in [-0.1, -0.05) is 65.8 Å². The number of hydrogen-bond donors (Lipinski definition) is 1. The van der Waals surface area contributed by atoms with Gasteiger partial charge in [0.15, 0.2) is 0 Å². The van der Waals surface area contributed by atoms with Crippen molar-refractivity contribution >= 4 is 46.9 Å². The Kier molecular flexibility index (Phi) is 7.21. The molecule has 0 saturated heterocycles. The lowest BCUT2D eigenvalue weighted by molar-refractivity contribution is -0.114. The van der Waals surface area contributed by atoms with Crippen molar-refractivity contribution in [3.8, 4) is 0 Å². The van der Waals surface area contributed by atoms with Crippen molar-refractivity contribution in [3.63, 3.8) is 0 Å². The minimum absolute atomic E-state index is 0.0368. The Balaban J connectivity index is 1.46. The maximum Gasteiger partial charge on any atom is 0.264 e. The maximum absolute atomic E-state index is 13.0. The third kappa shape index (κ3) is 5.67. The summed E-state index contributed by atoms with van der Waals surface area (Å²) in [6.45, 7) is 2.01. The van der Waals surface area contributed by atoms with Gasteiger partial charge in [-0.05, 0) is 67.3 Å². The summed E-state index contributed by atoms with van der Waals surface area (Å²) in [5, 5.41) is 3.70. The standard InChI is InChI=1S/C27H25ClN2O2S/c1-18(11-12-19-7-4-3-5-8-19)29-26(31)21-13-14-24-23(17-21)30(2)27(32)25(33-24)16-20-9-6-10-22(28)15-20/h3-10,13-18H,11-12H2,1-2H3,(H,29,31)/b25-16-/t18-/m0/s1. The highest BCUT2D eigenvalue weighted by molar-refractivity contribution is 8.04. The fraction of sp³-hybridized carbons (Fsp3) is 0.185. The van der Waals surface area contributed by atoms with Gasteiger partial charge in [0.25, 0.3) is 11.8 Å². The molecule has 0 unspecified atom stereocenters. The molecule has 0 aromatic heterocycles. The van der Waals surface area contributed by atoms with Gasteiger partial charge in [0.2, 0.25) is 0 Å². The number of thioether (sulfide) groups is 1. The van der Waals surface area contributed by atoms with Crippen molar-refractivity contribution in [3.05, 3.63) is 99.4 Å². The lowest BCUT2D eigenvalue weighted by Crippen LogP contribution is -2.34. The molecule has 6 heteroatoms. The summed E-state index contributed by atoms with van der Waals surface area (Å²) in [6.07, 6.45) is 3.60. The zero-order valence-corrected chi connectivity index (χ0v) is 20.1. The minimum atomic E-state index is -0.135. The van der Waals surface area contributed by atoms with E-state index in [1.165, 1.54) is 17.3 Å². The quantitative estimate of drug-likeness (QED) is 0.431. The molecule has 1 aliphatic rings. The van der Waals surface area contributed by atoms with Crippen LogP contribution in [0.3, 0.4) is 0 Å². The average Bonchev–Trinajstić information content (AvgIpc) is 2.81. The first-order chi connectivity index (χ1) is 15.9. The van der Waals surface area contributed by atoms with Crippen LogP contribution in [-0.2, 0) is 11.2 Å². The molecule has 0 spiro atoms. The number of fused-ring (bicyclic) bond motifs is 1. The van der Waals surface area contributed by atoms with E-state index in [2.05, 4.69) is 17.4 Å². The molecule has 3 aromatic carbocycles. The van der Waals surface area contributed by atoms with Crippen LogP contribution >= 0.6 is 23.4 Å². The van der Waals surface area contributed by atoms with Crippen LogP contribution in [0, 0.1) is 0 Å². The van der Waals surface area contributed by atoms with Gasteiger partial charge in [-0.15, -0.1) is 0 Å². The zero-order valence-electron chi connectivity index (χ0n) is 18.5. The van der Waals surface area contributed by atoms with E-state index in [0.29, 0.717) is 15.5 Å². The first-order valence-corrected chi connectivity index (χ1v) is 12.0. The Morgan fingerprint density at radius 2 is 1.88 bits per heavy atom. The van der Waals surface area contributed by atoms with E-state index in [4.69, 9.17) is 11.6 Å². The van der Waals surface area contributed by atoms with Gasteiger partial charge in [-0.25, -0.2) is 0 Å². The van der Waals surface area contributed by atoms with Crippen LogP contribution in [0.2, 0.25) is 5.02 Å². The van der Waals surface area contributed by atoms with Crippen LogP contribution in [0.15, 0.2) is 82.6 Å². The number of carbonyl (C=O) groups excluding carboxylic acids is 2. The predicted octanol–water partition coefficient (Wildman–Crippen LogP) is 6.20. The largest absolute Gasteiger partial charge is 0.350 e. The van der Waals surface area contributed by atoms with E-state index >= 15 is 0 Å². The Labute approximate surface area is 203 Å². The van der Waals surface area contributed by atoms with Gasteiger partial charge in [0.05, 0.1) is 10.6 Å². The van der Waals surface area contributed by atoms with Gasteiger partial charge in [0.1, 0.15) is 0 Å². The highest BCUT2D eigenvalue weighted by Gasteiger charge is 2.27. The van der Waals surface area contributed by atoms with E-state index < -0.39 is 0 Å². The molecule has 0 radical (unpaired) electrons. The molecule has 0 bridgehead atoms. The van der Waals surface area contributed by atoms with Gasteiger partial charge in [-0.3, -0.25) is 9.59 Å². The first-order valence-electron chi connectivity index (χ1n) is 10.8. The number of amides is 2. The van der Waals surface area contributed by atoms with Gasteiger partial charge in [0, 0.05) is 28.6 Å². The molecular formula is C27H25ClN2O2S. The van der Waals surface area contributed by atoms with Crippen LogP contribution in [0.4, 0.5) is 5.69 Å². The molecule has 4 rings (SSSR count). The number of hydrogen-bond acceptors (Lipinski definition) is 3. The zero-order chi connectivity index (χ0) is 23.4. The summed E-state index contributed by atoms with van der Waals surface area (Å²) < 4.78 is 0. The van der Waals surface area contributed by atoms with Crippen LogP contribution < -0.4 is 10.2 Å². The second-order valence-corrected chi connectivity index (χ2v) is 9.63. The highest BCUT2D eigenvalue weighted by atomic mass is 35.5. The number of likely N-dealkylation sites (N-methyl/N-ethyl adjacent to an activating group) is 1. The fourth-order valence-corrected chi connectivity index (χ4v) is 4.98. The topological polar surface area (TPSA) is 49.4 Å². The average molecular weight is 477 g/mol. The molecule has 1 atom stereocenters. The highest BCUT2D eigenvalue weighted by Crippen LogP contribution is 2.42. The van der Waals surface area contributed by atoms with Crippen molar-refractivity contribution in [2.24, 2.45) is 0 Å². The number of rotatable bonds is 6. The number of nitrogens with zero attached hydrogens (tertiary/aromatic N) is 1. The smallest absolute Gasteiger partial charge is 0.264 e. The Bertz CT molecular complexity index is 1210. The summed E-state index contributed by atoms with van der Waals surface area (Å²) in [4.78, 5) is 28.9. The molecule has 0 fully saturated rings. The second kappa shape index (κ2) is 10.3. The van der Waals surface area contributed by atoms with E-state index in [1.54, 1.807) is 24.1 Å². The van der Waals surface area contributed by atoms with Crippen molar-refractivity contribution in [1.82, 2.24) is 5.32 Å². The summed E-state index contributed by atoms with van der Waals surface area (Å²) in [5.74, 6) is -0.245. The number of nitrogens with one attached hydrogen (secondary N) is 1. The molecule has 168 valence electrons. The third-order valence-corrected chi connectivity index (χ3v) is 6.86. The molecule has 0 aliphatic carbocycles. The van der Waals surface area contributed by atoms with E-state index in [0.717, 1.165) is 29.0 Å². The summed E-state index contributed by atoms with van der Waals surface area (Å²) in [7, 11) is 1.73. The Hall–Kier alpha value is -3.02. The van der Waals surface area contributed by atoms with Crippen molar-refractivity contribution < 1.29 is 9.59 Å². The molecule has 0 saturated carbocycles. The van der Waals surface area contributed by atoms with Gasteiger partial charge >= 0.3 is 0 Å². The van der Waals surface area contributed by atoms with E-state index in [-0.39, 0.29) is 17.9 Å². The van der Waals surface area contributed by atoms with Crippen molar-refractivity contribution in [1.29, 1.82) is 0 Å². The first kappa shape index (κ1) is 23.1. The number of halogens is 1. The number of aryl methyl sites for hydroxylation is 1. The predicted molar refractivity (Wildman–Crippen MR) is 137 cm³/mol. The summed E-state index contributed by atoms with van der Waals surface area (Å²) >= 11 is 7.48. The monoisotopic (exact) mass is 476 g/mol. The van der Waals surface area contributed by atoms with Crippen LogP contribution in [0.1, 0.15) is 34.8 Å². The molecular weight excluding hydrogens is 452 g/mol. The van der Waals surface area contributed by atoms with Crippen LogP contribution in [0.5, 0.6) is 0 Å². The van der Waals surface area contributed by atoms with Gasteiger partial charge in [-0.2, -0.15) is 0 Å². The fourth-order valence-electron chi connectivity index (χ4n) is 3.69. The number of carbonyl (C=O) groups is 2. The third-order valence-electron chi connectivity index (χ3n) is 5.55. The maximum atomic E-state index is 13.0. The molecule has 3 aromatic rings. The molecule has 1 N–H and O–H groups in total. The summed E-state index contributed by atoms with van der Waals surface area (Å²) in [5.41, 5.74) is 3.41. The molecule has 1 heterocycles. The lowest BCUT2D eigenvalue weighted by atomic mass is 10.1. The SMILES string of the molecule is C[C@@H](CCc1ccccc1)NC(=O)c1ccc2c(c1)N(C)C(=O)/C(=C/c1cccc(Cl)c1)S2. The lowest BCUT2D eigenvalue weighted by Gasteiger charge is -2.27. The van der Waals surface area contributed by atoms with Gasteiger partial charge < -0.3 is 10.2 Å². The van der Waals surface area contributed by atoms with Crippen LogP contribution in [0.25, 0.3) is 6.08 Å². The minimum Gasteiger partial charge on any atom is -0.350 e. The molecule has 1 aliphatic heterocycles. The number of anilines is 1. The van der Waals surface area contributed by atoms with Crippen molar-refractivity contribution in [2.45, 2.75) is 30.7 Å². The normalized spacial score (nSPS) is 15.3. The van der Waals surface area contributed by atoms with E-state index in [1.807, 2.05) is 61.5 Å². The Morgan fingerprint density at radius 1 is 1.09 bits per heavy atom. The summed E-state index contributed by atoms with van der Waals surface area (Å²) in [6, 6.07) is 23.2. The number of benzene rings is 3. The van der Waals surface area contributed by atoms with E-state index in [9.17, 15) is 9.59 Å². The molecule has 4 nitrogen and oxygen atoms in total. The van der Waals surface area contributed by atoms with Crippen LogP contribution in [-0.4, -0.2) is 24.9 Å². The molecule has 33 heavy (non-hydrogen) atoms. The molecule has 2 amide bonds. The Morgan fingerprint density at radius 3 is 2.64 bits per heavy atom.